The lowest BCUT2D eigenvalue weighted by molar-refractivity contribution is 0.0290. The predicted octanol–water partition coefficient (Wildman–Crippen LogP) is 7.51. The van der Waals surface area contributed by atoms with Gasteiger partial charge in [0, 0.05) is 5.54 Å². The highest BCUT2D eigenvalue weighted by Gasteiger charge is 2.35. The lowest BCUT2D eigenvalue weighted by Crippen LogP contribution is -2.48. The fourth-order valence-corrected chi connectivity index (χ4v) is 4.81. The lowest BCUT2D eigenvalue weighted by Gasteiger charge is -2.44. The van der Waals surface area contributed by atoms with E-state index in [2.05, 4.69) is 25.9 Å². The number of hydrogen-bond acceptors (Lipinski definition) is 2. The van der Waals surface area contributed by atoms with Crippen molar-refractivity contribution in [2.75, 3.05) is 14.1 Å². The first-order valence-corrected chi connectivity index (χ1v) is 12.0. The van der Waals surface area contributed by atoms with E-state index < -0.39 is 0 Å². The number of halogens is 1. The zero-order valence-electron chi connectivity index (χ0n) is 18.8. The van der Waals surface area contributed by atoms with Crippen LogP contribution in [0.2, 0.25) is 0 Å². The molecule has 0 aliphatic heterocycles. The van der Waals surface area contributed by atoms with Gasteiger partial charge in [-0.3, -0.25) is 0 Å². The summed E-state index contributed by atoms with van der Waals surface area (Å²) in [5.74, 6) is 0. The van der Waals surface area contributed by atoms with Gasteiger partial charge in [0.25, 0.3) is 0 Å². The molecule has 1 aliphatic rings. The van der Waals surface area contributed by atoms with E-state index in [1.165, 1.54) is 109 Å². The molecule has 0 aromatic carbocycles. The number of aliphatic hydroxyl groups excluding tert-OH is 1. The van der Waals surface area contributed by atoms with E-state index in [-0.39, 0.29) is 24.0 Å². The molecule has 0 heterocycles. The second kappa shape index (κ2) is 17.1. The van der Waals surface area contributed by atoms with Crippen molar-refractivity contribution in [3.8, 4) is 0 Å². The summed E-state index contributed by atoms with van der Waals surface area (Å²) in [5.41, 5.74) is 0.273. The Kier molecular flexibility index (Phi) is 17.2. The molecule has 0 saturated heterocycles. The summed E-state index contributed by atoms with van der Waals surface area (Å²) in [4.78, 5) is 2.40. The van der Waals surface area contributed by atoms with Crippen LogP contribution in [-0.4, -0.2) is 35.7 Å². The summed E-state index contributed by atoms with van der Waals surface area (Å²) < 4.78 is 0. The van der Waals surface area contributed by atoms with Crippen LogP contribution in [0.4, 0.5) is 0 Å². The minimum atomic E-state index is -0.0985. The molecule has 0 aromatic heterocycles. The Hall–Kier alpha value is 0.210. The van der Waals surface area contributed by atoms with Crippen LogP contribution in [0.5, 0.6) is 0 Å². The highest BCUT2D eigenvalue weighted by Crippen LogP contribution is 2.36. The molecule has 0 bridgehead atoms. The van der Waals surface area contributed by atoms with Crippen molar-refractivity contribution in [2.24, 2.45) is 0 Å². The van der Waals surface area contributed by atoms with E-state index in [1.54, 1.807) is 0 Å². The van der Waals surface area contributed by atoms with Gasteiger partial charge in [-0.2, -0.15) is 0 Å². The molecule has 27 heavy (non-hydrogen) atoms. The molecule has 2 nitrogen and oxygen atoms in total. The number of hydrogen-bond donors (Lipinski definition) is 1. The molecule has 1 aliphatic carbocycles. The van der Waals surface area contributed by atoms with E-state index in [4.69, 9.17) is 0 Å². The van der Waals surface area contributed by atoms with Crippen molar-refractivity contribution < 1.29 is 5.11 Å². The fraction of sp³-hybridized carbons (Fsp3) is 1.00. The zero-order chi connectivity index (χ0) is 19.1. The average molecular weight is 404 g/mol. The normalized spacial score (nSPS) is 17.7. The second-order valence-electron chi connectivity index (χ2n) is 9.22. The Morgan fingerprint density at radius 1 is 0.741 bits per heavy atom. The monoisotopic (exact) mass is 403 g/mol. The zero-order valence-corrected chi connectivity index (χ0v) is 19.6. The van der Waals surface area contributed by atoms with Crippen molar-refractivity contribution in [1.29, 1.82) is 0 Å². The predicted molar refractivity (Wildman–Crippen MR) is 123 cm³/mol. The fourth-order valence-electron chi connectivity index (χ4n) is 4.81. The highest BCUT2D eigenvalue weighted by atomic mass is 35.5. The summed E-state index contributed by atoms with van der Waals surface area (Å²) in [6, 6.07) is 0. The van der Waals surface area contributed by atoms with Crippen LogP contribution < -0.4 is 0 Å². The molecular weight excluding hydrogens is 354 g/mol. The third-order valence-electron chi connectivity index (χ3n) is 6.74. The van der Waals surface area contributed by atoms with Gasteiger partial charge in [-0.15, -0.1) is 12.4 Å². The summed E-state index contributed by atoms with van der Waals surface area (Å²) in [6.45, 7) is 2.29. The average Bonchev–Trinajstić information content (AvgIpc) is 2.63. The molecule has 1 saturated carbocycles. The van der Waals surface area contributed by atoms with Crippen molar-refractivity contribution in [3.05, 3.63) is 0 Å². The summed E-state index contributed by atoms with van der Waals surface area (Å²) in [7, 11) is 4.42. The third-order valence-corrected chi connectivity index (χ3v) is 6.74. The van der Waals surface area contributed by atoms with Crippen LogP contribution in [0.15, 0.2) is 0 Å². The molecule has 1 fully saturated rings. The first kappa shape index (κ1) is 27.2. The summed E-state index contributed by atoms with van der Waals surface area (Å²) in [6.07, 6.45) is 25.2. The van der Waals surface area contributed by atoms with Crippen LogP contribution in [0.1, 0.15) is 129 Å². The smallest absolute Gasteiger partial charge is 0.0557 e. The summed E-state index contributed by atoms with van der Waals surface area (Å²) in [5, 5.41) is 10.6. The Morgan fingerprint density at radius 2 is 1.19 bits per heavy atom. The van der Waals surface area contributed by atoms with E-state index in [0.717, 1.165) is 12.8 Å². The number of nitrogens with zero attached hydrogens (tertiary/aromatic N) is 1. The van der Waals surface area contributed by atoms with Gasteiger partial charge in [0.15, 0.2) is 0 Å². The molecule has 1 rings (SSSR count). The Bertz CT molecular complexity index is 316. The highest BCUT2D eigenvalue weighted by molar-refractivity contribution is 5.85. The minimum Gasteiger partial charge on any atom is -0.393 e. The van der Waals surface area contributed by atoms with Gasteiger partial charge in [0.05, 0.1) is 6.10 Å². The quantitative estimate of drug-likeness (QED) is 0.269. The van der Waals surface area contributed by atoms with Crippen LogP contribution in [0.25, 0.3) is 0 Å². The van der Waals surface area contributed by atoms with Gasteiger partial charge < -0.3 is 10.0 Å². The maximum absolute atomic E-state index is 10.6. The van der Waals surface area contributed by atoms with Gasteiger partial charge in [-0.05, 0) is 39.8 Å². The topological polar surface area (TPSA) is 23.5 Å². The van der Waals surface area contributed by atoms with Gasteiger partial charge in [0.2, 0.25) is 0 Å². The van der Waals surface area contributed by atoms with Crippen LogP contribution in [0.3, 0.4) is 0 Å². The van der Waals surface area contributed by atoms with Crippen molar-refractivity contribution in [1.82, 2.24) is 4.90 Å². The van der Waals surface area contributed by atoms with Crippen molar-refractivity contribution in [3.63, 3.8) is 0 Å². The molecule has 0 spiro atoms. The maximum atomic E-state index is 10.6. The van der Waals surface area contributed by atoms with Crippen molar-refractivity contribution >= 4 is 12.4 Å². The van der Waals surface area contributed by atoms with E-state index in [1.807, 2.05) is 0 Å². The molecule has 164 valence electrons. The largest absolute Gasteiger partial charge is 0.393 e. The third kappa shape index (κ3) is 12.4. The molecule has 0 aromatic rings. The number of aliphatic hydroxyl groups is 1. The lowest BCUT2D eigenvalue weighted by atomic mass is 9.76. The maximum Gasteiger partial charge on any atom is 0.0557 e. The minimum absolute atomic E-state index is 0. The van der Waals surface area contributed by atoms with Crippen LogP contribution in [-0.2, 0) is 0 Å². The van der Waals surface area contributed by atoms with Gasteiger partial charge in [-0.1, -0.05) is 103 Å². The van der Waals surface area contributed by atoms with Crippen LogP contribution >= 0.6 is 12.4 Å². The van der Waals surface area contributed by atoms with Gasteiger partial charge >= 0.3 is 0 Å². The molecule has 0 amide bonds. The first-order valence-electron chi connectivity index (χ1n) is 12.0. The molecule has 0 radical (unpaired) electrons. The van der Waals surface area contributed by atoms with Crippen molar-refractivity contribution in [2.45, 2.75) is 141 Å². The van der Waals surface area contributed by atoms with E-state index in [0.29, 0.717) is 0 Å². The number of rotatable bonds is 16. The van der Waals surface area contributed by atoms with E-state index in [9.17, 15) is 5.11 Å². The van der Waals surface area contributed by atoms with Crippen LogP contribution in [0, 0.1) is 0 Å². The Morgan fingerprint density at radius 3 is 1.63 bits per heavy atom. The molecule has 1 N–H and O–H groups in total. The molecule has 3 heteroatoms. The first-order chi connectivity index (χ1) is 12.6. The number of unbranched alkanes of at least 4 members (excludes halogenated alkanes) is 11. The molecule has 1 atom stereocenters. The Labute approximate surface area is 177 Å². The SMILES string of the molecule is CCCCCCCCCCCCCCC(O)CC1(N(C)C)CCCCC1.Cl. The molecule has 1 unspecified atom stereocenters. The van der Waals surface area contributed by atoms with E-state index >= 15 is 0 Å². The standard InChI is InChI=1S/C24H49NO.ClH/c1-4-5-6-7-8-9-10-11-12-13-14-16-19-23(26)22-24(25(2)3)20-17-15-18-21-24;/h23,26H,4-22H2,1-3H3;1H. The Balaban J connectivity index is 0.00000676. The second-order valence-corrected chi connectivity index (χ2v) is 9.22. The van der Waals surface area contributed by atoms with Gasteiger partial charge in [-0.25, -0.2) is 0 Å². The van der Waals surface area contributed by atoms with Gasteiger partial charge in [0.1, 0.15) is 0 Å². The molecular formula is C24H50ClNO. The summed E-state index contributed by atoms with van der Waals surface area (Å²) >= 11 is 0.